The lowest BCUT2D eigenvalue weighted by molar-refractivity contribution is -0.117. The van der Waals surface area contributed by atoms with Crippen molar-refractivity contribution in [3.05, 3.63) is 12.7 Å². The molecule has 0 aliphatic heterocycles. The van der Waals surface area contributed by atoms with Crippen LogP contribution in [0.2, 0.25) is 0 Å². The van der Waals surface area contributed by atoms with Crippen molar-refractivity contribution in [2.45, 2.75) is 6.42 Å². The van der Waals surface area contributed by atoms with Gasteiger partial charge in [0.1, 0.15) is 5.78 Å². The Morgan fingerprint density at radius 3 is 2.88 bits per heavy atom. The van der Waals surface area contributed by atoms with E-state index in [1.54, 1.807) is 13.1 Å². The van der Waals surface area contributed by atoms with Crippen LogP contribution in [-0.2, 0) is 4.79 Å². The zero-order valence-electron chi connectivity index (χ0n) is 5.11. The van der Waals surface area contributed by atoms with Gasteiger partial charge in [0.15, 0.2) is 0 Å². The van der Waals surface area contributed by atoms with E-state index < -0.39 is 0 Å². The summed E-state index contributed by atoms with van der Waals surface area (Å²) < 4.78 is 0. The Labute approximate surface area is 49.6 Å². The van der Waals surface area contributed by atoms with Crippen LogP contribution in [0.25, 0.3) is 0 Å². The molecule has 0 amide bonds. The van der Waals surface area contributed by atoms with E-state index in [0.29, 0.717) is 13.0 Å². The molecular weight excluding hydrogens is 102 g/mol. The van der Waals surface area contributed by atoms with Crippen molar-refractivity contribution in [3.8, 4) is 0 Å². The van der Waals surface area contributed by atoms with E-state index in [4.69, 9.17) is 0 Å². The summed E-state index contributed by atoms with van der Waals surface area (Å²) in [5.74, 6) is 0.183. The zero-order valence-corrected chi connectivity index (χ0v) is 5.11. The summed E-state index contributed by atoms with van der Waals surface area (Å²) in [6, 6.07) is 0. The Balaban J connectivity index is 3.18. The second-order valence-corrected chi connectivity index (χ2v) is 1.56. The molecule has 0 aliphatic carbocycles. The third kappa shape index (κ3) is 3.56. The minimum absolute atomic E-state index is 0.183. The van der Waals surface area contributed by atoms with Gasteiger partial charge in [-0.1, -0.05) is 6.08 Å². The van der Waals surface area contributed by atoms with Crippen molar-refractivity contribution in [1.82, 2.24) is 5.32 Å². The van der Waals surface area contributed by atoms with Crippen molar-refractivity contribution in [2.75, 3.05) is 13.6 Å². The summed E-state index contributed by atoms with van der Waals surface area (Å²) in [6.45, 7) is 3.88. The Bertz CT molecular complexity index is 88.5. The van der Waals surface area contributed by atoms with Crippen LogP contribution in [-0.4, -0.2) is 19.4 Å². The lowest BCUT2D eigenvalue weighted by Gasteiger charge is -1.91. The normalized spacial score (nSPS) is 8.62. The summed E-state index contributed by atoms with van der Waals surface area (Å²) >= 11 is 0. The predicted molar refractivity (Wildman–Crippen MR) is 33.7 cm³/mol. The summed E-state index contributed by atoms with van der Waals surface area (Å²) in [7, 11) is 1.75. The van der Waals surface area contributed by atoms with Crippen molar-refractivity contribution in [1.29, 1.82) is 0 Å². The highest BCUT2D eigenvalue weighted by molar-refractivity contribution is 5.81. The molecule has 0 saturated heterocycles. The highest BCUT2D eigenvalue weighted by atomic mass is 16.1. The number of hydrogen-bond donors (Lipinski definition) is 1. The number of carbonyl (C=O) groups is 1. The maximum absolute atomic E-state index is 10.5. The van der Waals surface area contributed by atoms with Crippen LogP contribution in [0, 0.1) is 0 Å². The monoisotopic (exact) mass is 113 g/mol. The second-order valence-electron chi connectivity index (χ2n) is 1.56. The van der Waals surface area contributed by atoms with Gasteiger partial charge in [-0.25, -0.2) is 0 Å². The first kappa shape index (κ1) is 7.37. The van der Waals surface area contributed by atoms with E-state index in [2.05, 4.69) is 11.9 Å². The van der Waals surface area contributed by atoms with Crippen molar-refractivity contribution < 1.29 is 4.79 Å². The molecule has 2 heteroatoms. The van der Waals surface area contributed by atoms with E-state index in [0.717, 1.165) is 0 Å². The molecule has 0 radical (unpaired) electrons. The van der Waals surface area contributed by atoms with E-state index in [1.807, 2.05) is 0 Å². The Morgan fingerprint density at radius 1 is 1.88 bits per heavy atom. The van der Waals surface area contributed by atoms with E-state index in [1.165, 1.54) is 0 Å². The zero-order chi connectivity index (χ0) is 6.41. The molecule has 0 aromatic carbocycles. The molecule has 0 saturated carbocycles. The minimum Gasteiger partial charge on any atom is -0.313 e. The van der Waals surface area contributed by atoms with Crippen LogP contribution in [0.5, 0.6) is 0 Å². The summed E-state index contributed by atoms with van der Waals surface area (Å²) in [6.07, 6.45) is 2.08. The predicted octanol–water partition coefficient (Wildman–Crippen LogP) is 0.351. The van der Waals surface area contributed by atoms with Gasteiger partial charge < -0.3 is 5.32 Å². The van der Waals surface area contributed by atoms with Crippen LogP contribution in [0.15, 0.2) is 12.7 Å². The molecular formula is C6H11NO. The molecule has 0 aromatic rings. The molecule has 0 spiro atoms. The number of hydrogen-bond acceptors (Lipinski definition) is 2. The number of likely N-dealkylation sites (N-methyl/N-ethyl adjacent to an activating group) is 1. The topological polar surface area (TPSA) is 29.1 Å². The fourth-order valence-corrected chi connectivity index (χ4v) is 0.430. The number of allylic oxidation sites excluding steroid dienone is 1. The molecule has 0 aromatic heterocycles. The van der Waals surface area contributed by atoms with Gasteiger partial charge in [0.25, 0.3) is 0 Å². The quantitative estimate of drug-likeness (QED) is 0.533. The fraction of sp³-hybridized carbons (Fsp3) is 0.500. The molecule has 0 heterocycles. The molecule has 1 N–H and O–H groups in total. The number of nitrogens with one attached hydrogen (secondary N) is 1. The smallest absolute Gasteiger partial charge is 0.150 e. The maximum atomic E-state index is 10.5. The SMILES string of the molecule is C=CCC(=O)CNC. The van der Waals surface area contributed by atoms with Crippen LogP contribution in [0.4, 0.5) is 0 Å². The third-order valence-electron chi connectivity index (χ3n) is 0.746. The highest BCUT2D eigenvalue weighted by Gasteiger charge is 1.92. The molecule has 0 unspecified atom stereocenters. The standard InChI is InChI=1S/C6H11NO/c1-3-4-6(8)5-7-2/h3,7H,1,4-5H2,2H3. The van der Waals surface area contributed by atoms with Crippen molar-refractivity contribution in [3.63, 3.8) is 0 Å². The molecule has 0 aliphatic rings. The molecule has 8 heavy (non-hydrogen) atoms. The number of carbonyl (C=O) groups excluding carboxylic acids is 1. The average molecular weight is 113 g/mol. The third-order valence-corrected chi connectivity index (χ3v) is 0.746. The molecule has 0 atom stereocenters. The fourth-order valence-electron chi connectivity index (χ4n) is 0.430. The lowest BCUT2D eigenvalue weighted by atomic mass is 10.3. The van der Waals surface area contributed by atoms with E-state index in [-0.39, 0.29) is 5.78 Å². The van der Waals surface area contributed by atoms with E-state index >= 15 is 0 Å². The number of ketones is 1. The van der Waals surface area contributed by atoms with Gasteiger partial charge >= 0.3 is 0 Å². The highest BCUT2D eigenvalue weighted by Crippen LogP contribution is 1.79. The van der Waals surface area contributed by atoms with E-state index in [9.17, 15) is 4.79 Å². The Morgan fingerprint density at radius 2 is 2.50 bits per heavy atom. The van der Waals surface area contributed by atoms with Crippen molar-refractivity contribution in [2.24, 2.45) is 0 Å². The van der Waals surface area contributed by atoms with Gasteiger partial charge in [0, 0.05) is 6.42 Å². The molecule has 0 rings (SSSR count). The van der Waals surface area contributed by atoms with Gasteiger partial charge in [-0.2, -0.15) is 0 Å². The first-order valence-corrected chi connectivity index (χ1v) is 2.58. The second kappa shape index (κ2) is 4.53. The van der Waals surface area contributed by atoms with Crippen LogP contribution >= 0.6 is 0 Å². The largest absolute Gasteiger partial charge is 0.313 e. The Kier molecular flexibility index (Phi) is 4.17. The van der Waals surface area contributed by atoms with Gasteiger partial charge in [-0.3, -0.25) is 4.79 Å². The first-order chi connectivity index (χ1) is 3.81. The Hall–Kier alpha value is -0.630. The van der Waals surface area contributed by atoms with Gasteiger partial charge in [-0.05, 0) is 7.05 Å². The van der Waals surface area contributed by atoms with Crippen molar-refractivity contribution >= 4 is 5.78 Å². The molecule has 0 bridgehead atoms. The molecule has 0 fully saturated rings. The van der Waals surface area contributed by atoms with Crippen LogP contribution in [0.3, 0.4) is 0 Å². The summed E-state index contributed by atoms with van der Waals surface area (Å²) in [4.78, 5) is 10.5. The number of Topliss-reactive ketones (excluding diaryl/α,β-unsaturated/α-hetero) is 1. The maximum Gasteiger partial charge on any atom is 0.150 e. The van der Waals surface area contributed by atoms with Gasteiger partial charge in [-0.15, -0.1) is 6.58 Å². The van der Waals surface area contributed by atoms with Gasteiger partial charge in [0.2, 0.25) is 0 Å². The summed E-state index contributed by atoms with van der Waals surface area (Å²) in [5, 5.41) is 2.75. The first-order valence-electron chi connectivity index (χ1n) is 2.58. The minimum atomic E-state index is 0.183. The lowest BCUT2D eigenvalue weighted by Crippen LogP contribution is -2.17. The van der Waals surface area contributed by atoms with Crippen LogP contribution in [0.1, 0.15) is 6.42 Å². The van der Waals surface area contributed by atoms with Crippen LogP contribution < -0.4 is 5.32 Å². The van der Waals surface area contributed by atoms with Gasteiger partial charge in [0.05, 0.1) is 6.54 Å². The summed E-state index contributed by atoms with van der Waals surface area (Å²) in [5.41, 5.74) is 0. The number of rotatable bonds is 4. The molecule has 46 valence electrons. The average Bonchev–Trinajstić information content (AvgIpc) is 1.68. The molecule has 2 nitrogen and oxygen atoms in total.